The molecule has 0 bridgehead atoms. The highest BCUT2D eigenvalue weighted by atomic mass is 35.5. The van der Waals surface area contributed by atoms with Crippen molar-refractivity contribution in [1.82, 2.24) is 0 Å². The van der Waals surface area contributed by atoms with Crippen molar-refractivity contribution >= 4 is 17.6 Å². The molecule has 1 unspecified atom stereocenters. The van der Waals surface area contributed by atoms with E-state index in [0.29, 0.717) is 19.1 Å². The van der Waals surface area contributed by atoms with Crippen LogP contribution in [0.2, 0.25) is 5.02 Å². The van der Waals surface area contributed by atoms with E-state index < -0.39 is 12.6 Å². The number of rotatable bonds is 14. The zero-order valence-electron chi connectivity index (χ0n) is 19.6. The van der Waals surface area contributed by atoms with E-state index in [4.69, 9.17) is 30.9 Å². The topological polar surface area (TPSA) is 65.0 Å². The molecule has 0 aliphatic heterocycles. The van der Waals surface area contributed by atoms with Gasteiger partial charge in [0.15, 0.2) is 0 Å². The Balaban J connectivity index is 1.77. The van der Waals surface area contributed by atoms with Crippen LogP contribution < -0.4 is 0 Å². The fraction of sp³-hybridized carbons (Fsp3) is 0.654. The van der Waals surface area contributed by atoms with Crippen LogP contribution in [0.1, 0.15) is 68.9 Å². The number of unbranched alkanes of at least 4 members (excludes halogenated alkanes) is 2. The highest BCUT2D eigenvalue weighted by molar-refractivity contribution is 6.31. The van der Waals surface area contributed by atoms with Gasteiger partial charge in [-0.2, -0.15) is 0 Å². The van der Waals surface area contributed by atoms with Crippen LogP contribution in [0.5, 0.6) is 0 Å². The van der Waals surface area contributed by atoms with Crippen LogP contribution in [0.3, 0.4) is 0 Å². The highest BCUT2D eigenvalue weighted by Crippen LogP contribution is 2.36. The SMILES string of the molecule is C=C(CO)C(=O)OCC(COC)COC1CCC(c2ccc(CCCCC)c(Cl)c2)CC1. The zero-order valence-corrected chi connectivity index (χ0v) is 20.4. The third kappa shape index (κ3) is 8.86. The van der Waals surface area contributed by atoms with Gasteiger partial charge < -0.3 is 19.3 Å². The maximum absolute atomic E-state index is 11.7. The highest BCUT2D eigenvalue weighted by Gasteiger charge is 2.24. The van der Waals surface area contributed by atoms with Crippen molar-refractivity contribution in [3.63, 3.8) is 0 Å². The normalized spacial score (nSPS) is 19.5. The third-order valence-electron chi connectivity index (χ3n) is 6.17. The molecule has 6 heteroatoms. The maximum Gasteiger partial charge on any atom is 0.335 e. The van der Waals surface area contributed by atoms with Gasteiger partial charge in [-0.25, -0.2) is 4.79 Å². The molecule has 1 aliphatic carbocycles. The molecule has 0 radical (unpaired) electrons. The Bertz CT molecular complexity index is 712. The summed E-state index contributed by atoms with van der Waals surface area (Å²) in [5, 5.41) is 9.87. The van der Waals surface area contributed by atoms with Crippen molar-refractivity contribution in [1.29, 1.82) is 0 Å². The van der Waals surface area contributed by atoms with E-state index >= 15 is 0 Å². The summed E-state index contributed by atoms with van der Waals surface area (Å²) in [7, 11) is 1.62. The molecule has 1 saturated carbocycles. The summed E-state index contributed by atoms with van der Waals surface area (Å²) in [5.41, 5.74) is 2.64. The standard InChI is InChI=1S/C26H39ClO5/c1-4-5-6-7-22-8-9-23(14-25(22)27)21-10-12-24(13-11-21)31-17-20(16-30-3)18-32-26(29)19(2)15-28/h8-9,14,20-21,24,28H,2,4-7,10-13,15-18H2,1,3H3. The van der Waals surface area contributed by atoms with Crippen molar-refractivity contribution < 1.29 is 24.1 Å². The van der Waals surface area contributed by atoms with Crippen LogP contribution in [0, 0.1) is 5.92 Å². The lowest BCUT2D eigenvalue weighted by atomic mass is 9.82. The Labute approximate surface area is 198 Å². The summed E-state index contributed by atoms with van der Waals surface area (Å²) >= 11 is 6.56. The summed E-state index contributed by atoms with van der Waals surface area (Å²) in [6.45, 7) is 6.39. The van der Waals surface area contributed by atoms with E-state index in [1.807, 2.05) is 0 Å². The van der Waals surface area contributed by atoms with E-state index in [0.717, 1.165) is 37.1 Å². The van der Waals surface area contributed by atoms with E-state index in [-0.39, 0.29) is 24.2 Å². The smallest absolute Gasteiger partial charge is 0.335 e. The summed E-state index contributed by atoms with van der Waals surface area (Å²) in [4.78, 5) is 11.7. The minimum absolute atomic E-state index is 0.0489. The van der Waals surface area contributed by atoms with E-state index in [2.05, 4.69) is 31.7 Å². The van der Waals surface area contributed by atoms with Gasteiger partial charge in [-0.3, -0.25) is 0 Å². The molecular formula is C26H39ClO5. The van der Waals surface area contributed by atoms with Crippen LogP contribution in [-0.4, -0.2) is 50.7 Å². The molecule has 1 atom stereocenters. The Morgan fingerprint density at radius 2 is 1.94 bits per heavy atom. The molecule has 1 aromatic carbocycles. The summed E-state index contributed by atoms with van der Waals surface area (Å²) in [6, 6.07) is 6.62. The number of carbonyl (C=O) groups excluding carboxylic acids is 1. The molecule has 0 spiro atoms. The quantitative estimate of drug-likeness (QED) is 0.224. The number of aliphatic hydroxyl groups excluding tert-OH is 1. The second-order valence-electron chi connectivity index (χ2n) is 8.80. The van der Waals surface area contributed by atoms with E-state index in [9.17, 15) is 4.79 Å². The van der Waals surface area contributed by atoms with Crippen LogP contribution in [0.4, 0.5) is 0 Å². The number of halogens is 1. The second-order valence-corrected chi connectivity index (χ2v) is 9.20. The van der Waals surface area contributed by atoms with Gasteiger partial charge in [0.2, 0.25) is 0 Å². The molecule has 1 aliphatic rings. The lowest BCUT2D eigenvalue weighted by molar-refractivity contribution is -0.142. The Hall–Kier alpha value is -1.40. The Kier molecular flexibility index (Phi) is 12.3. The van der Waals surface area contributed by atoms with Crippen LogP contribution in [0.15, 0.2) is 30.4 Å². The average molecular weight is 467 g/mol. The maximum atomic E-state index is 11.7. The fourth-order valence-corrected chi connectivity index (χ4v) is 4.44. The molecule has 0 amide bonds. The third-order valence-corrected chi connectivity index (χ3v) is 6.52. The van der Waals surface area contributed by atoms with Gasteiger partial charge in [-0.05, 0) is 61.6 Å². The summed E-state index contributed by atoms with van der Waals surface area (Å²) < 4.78 is 16.6. The Morgan fingerprint density at radius 3 is 2.56 bits per heavy atom. The van der Waals surface area contributed by atoms with Crippen molar-refractivity contribution in [3.8, 4) is 0 Å². The van der Waals surface area contributed by atoms with Gasteiger partial charge in [0.05, 0.1) is 38.1 Å². The minimum Gasteiger partial charge on any atom is -0.462 e. The summed E-state index contributed by atoms with van der Waals surface area (Å²) in [5.74, 6) is -0.103. The van der Waals surface area contributed by atoms with E-state index in [1.165, 1.54) is 30.4 Å². The minimum atomic E-state index is -0.579. The number of benzene rings is 1. The lowest BCUT2D eigenvalue weighted by Crippen LogP contribution is -2.28. The number of methoxy groups -OCH3 is 1. The van der Waals surface area contributed by atoms with Crippen LogP contribution in [0.25, 0.3) is 0 Å². The summed E-state index contributed by atoms with van der Waals surface area (Å²) in [6.07, 6.45) is 9.08. The van der Waals surface area contributed by atoms with Gasteiger partial charge in [0, 0.05) is 18.1 Å². The predicted molar refractivity (Wildman–Crippen MR) is 128 cm³/mol. The number of carbonyl (C=O) groups is 1. The first kappa shape index (κ1) is 26.8. The number of hydrogen-bond donors (Lipinski definition) is 1. The monoisotopic (exact) mass is 466 g/mol. The zero-order chi connectivity index (χ0) is 23.3. The lowest BCUT2D eigenvalue weighted by Gasteiger charge is -2.30. The first-order valence-corrected chi connectivity index (χ1v) is 12.2. The predicted octanol–water partition coefficient (Wildman–Crippen LogP) is 5.47. The average Bonchev–Trinajstić information content (AvgIpc) is 2.81. The second kappa shape index (κ2) is 14.7. The molecule has 1 N–H and O–H groups in total. The van der Waals surface area contributed by atoms with Gasteiger partial charge in [0.25, 0.3) is 0 Å². The van der Waals surface area contributed by atoms with E-state index in [1.54, 1.807) is 7.11 Å². The molecular weight excluding hydrogens is 428 g/mol. The van der Waals surface area contributed by atoms with Gasteiger partial charge >= 0.3 is 5.97 Å². The largest absolute Gasteiger partial charge is 0.462 e. The molecule has 1 aromatic rings. The number of ether oxygens (including phenoxy) is 3. The molecule has 1 fully saturated rings. The van der Waals surface area contributed by atoms with Crippen molar-refractivity contribution in [2.75, 3.05) is 33.5 Å². The number of esters is 1. The molecule has 0 saturated heterocycles. The van der Waals surface area contributed by atoms with Crippen LogP contribution >= 0.6 is 11.6 Å². The van der Waals surface area contributed by atoms with Gasteiger partial charge in [0.1, 0.15) is 0 Å². The van der Waals surface area contributed by atoms with Crippen molar-refractivity contribution in [3.05, 3.63) is 46.5 Å². The molecule has 180 valence electrons. The first-order valence-electron chi connectivity index (χ1n) is 11.8. The van der Waals surface area contributed by atoms with Crippen LogP contribution in [-0.2, 0) is 25.4 Å². The number of aliphatic hydroxyl groups is 1. The molecule has 2 rings (SSSR count). The molecule has 5 nitrogen and oxygen atoms in total. The fourth-order valence-electron chi connectivity index (χ4n) is 4.16. The molecule has 0 heterocycles. The van der Waals surface area contributed by atoms with Gasteiger partial charge in [-0.1, -0.05) is 50.1 Å². The Morgan fingerprint density at radius 1 is 1.19 bits per heavy atom. The van der Waals surface area contributed by atoms with Crippen molar-refractivity contribution in [2.24, 2.45) is 5.92 Å². The molecule has 0 aromatic heterocycles. The first-order chi connectivity index (χ1) is 15.5. The van der Waals surface area contributed by atoms with Crippen molar-refractivity contribution in [2.45, 2.75) is 70.3 Å². The van der Waals surface area contributed by atoms with Gasteiger partial charge in [-0.15, -0.1) is 0 Å². The number of aryl methyl sites for hydroxylation is 1. The molecule has 32 heavy (non-hydrogen) atoms. The number of hydrogen-bond acceptors (Lipinski definition) is 5.